The van der Waals surface area contributed by atoms with Crippen molar-refractivity contribution in [3.8, 4) is 11.3 Å². The van der Waals surface area contributed by atoms with E-state index < -0.39 is 0 Å². The van der Waals surface area contributed by atoms with Gasteiger partial charge in [-0.2, -0.15) is 0 Å². The molecule has 0 saturated carbocycles. The van der Waals surface area contributed by atoms with E-state index in [0.717, 1.165) is 10.8 Å². The summed E-state index contributed by atoms with van der Waals surface area (Å²) in [6, 6.07) is 16.8. The van der Waals surface area contributed by atoms with E-state index in [-0.39, 0.29) is 0 Å². The van der Waals surface area contributed by atoms with E-state index in [9.17, 15) is 0 Å². The van der Waals surface area contributed by atoms with Gasteiger partial charge in [0.1, 0.15) is 0 Å². The number of anilines is 1. The number of rotatable bonds is 4. The van der Waals surface area contributed by atoms with E-state index >= 15 is 0 Å². The van der Waals surface area contributed by atoms with Gasteiger partial charge < -0.3 is 4.72 Å². The monoisotopic (exact) mass is 326 g/mol. The molecule has 0 bridgehead atoms. The standard InChI is InChI=1S/C18H18N2S2/c1-12-9-10-13(2)16(11-12)17-14(3)21-18(19-17)20-22-15-7-5-4-6-8-15/h4-11H,1-3H3,(H,19,20). The van der Waals surface area contributed by atoms with Gasteiger partial charge in [0, 0.05) is 15.3 Å². The maximum absolute atomic E-state index is 4.78. The molecular formula is C18H18N2S2. The number of hydrogen-bond acceptors (Lipinski definition) is 4. The maximum atomic E-state index is 4.78. The van der Waals surface area contributed by atoms with Crippen molar-refractivity contribution in [3.05, 3.63) is 64.5 Å². The van der Waals surface area contributed by atoms with Gasteiger partial charge in [0.25, 0.3) is 0 Å². The highest BCUT2D eigenvalue weighted by molar-refractivity contribution is 8.00. The fourth-order valence-electron chi connectivity index (χ4n) is 2.27. The van der Waals surface area contributed by atoms with E-state index in [1.54, 1.807) is 23.3 Å². The van der Waals surface area contributed by atoms with Crippen LogP contribution in [0.15, 0.2) is 53.4 Å². The molecule has 4 heteroatoms. The highest BCUT2D eigenvalue weighted by Gasteiger charge is 2.12. The topological polar surface area (TPSA) is 24.9 Å². The van der Waals surface area contributed by atoms with Gasteiger partial charge in [0.05, 0.1) is 5.69 Å². The zero-order chi connectivity index (χ0) is 15.5. The fraction of sp³-hybridized carbons (Fsp3) is 0.167. The first-order valence-corrected chi connectivity index (χ1v) is 8.80. The second-order valence-electron chi connectivity index (χ2n) is 5.26. The minimum Gasteiger partial charge on any atom is -0.301 e. The van der Waals surface area contributed by atoms with Crippen molar-refractivity contribution in [2.75, 3.05) is 4.72 Å². The van der Waals surface area contributed by atoms with Crippen LogP contribution in [0.1, 0.15) is 16.0 Å². The van der Waals surface area contributed by atoms with Crippen LogP contribution in [0.5, 0.6) is 0 Å². The van der Waals surface area contributed by atoms with Crippen LogP contribution in [0.25, 0.3) is 11.3 Å². The molecule has 0 radical (unpaired) electrons. The third-order valence-corrected chi connectivity index (χ3v) is 5.26. The molecule has 0 fully saturated rings. The Morgan fingerprint density at radius 1 is 1.00 bits per heavy atom. The van der Waals surface area contributed by atoms with Crippen LogP contribution in [-0.4, -0.2) is 4.98 Å². The number of nitrogens with zero attached hydrogens (tertiary/aromatic N) is 1. The molecule has 0 spiro atoms. The molecule has 0 atom stereocenters. The first-order chi connectivity index (χ1) is 10.6. The quantitative estimate of drug-likeness (QED) is 0.608. The van der Waals surface area contributed by atoms with Crippen LogP contribution in [0.3, 0.4) is 0 Å². The largest absolute Gasteiger partial charge is 0.301 e. The molecular weight excluding hydrogens is 308 g/mol. The van der Waals surface area contributed by atoms with Crippen molar-refractivity contribution < 1.29 is 0 Å². The lowest BCUT2D eigenvalue weighted by molar-refractivity contribution is 1.32. The third kappa shape index (κ3) is 3.34. The average Bonchev–Trinajstić information content (AvgIpc) is 2.89. The van der Waals surface area contributed by atoms with Gasteiger partial charge in [-0.05, 0) is 56.5 Å². The number of thiazole rings is 1. The molecule has 0 amide bonds. The number of aryl methyl sites for hydroxylation is 3. The first kappa shape index (κ1) is 15.1. The first-order valence-electron chi connectivity index (χ1n) is 7.16. The molecule has 1 N–H and O–H groups in total. The van der Waals surface area contributed by atoms with Crippen LogP contribution in [0.4, 0.5) is 5.13 Å². The van der Waals surface area contributed by atoms with Crippen molar-refractivity contribution in [1.82, 2.24) is 4.98 Å². The summed E-state index contributed by atoms with van der Waals surface area (Å²) in [5.41, 5.74) is 4.84. The van der Waals surface area contributed by atoms with Crippen LogP contribution < -0.4 is 4.72 Å². The van der Waals surface area contributed by atoms with Gasteiger partial charge in [0.2, 0.25) is 0 Å². The normalized spacial score (nSPS) is 10.7. The number of aromatic nitrogens is 1. The van der Waals surface area contributed by atoms with E-state index in [2.05, 4.69) is 55.8 Å². The van der Waals surface area contributed by atoms with Gasteiger partial charge in [0.15, 0.2) is 5.13 Å². The van der Waals surface area contributed by atoms with Crippen molar-refractivity contribution in [2.45, 2.75) is 25.7 Å². The van der Waals surface area contributed by atoms with Crippen molar-refractivity contribution in [3.63, 3.8) is 0 Å². The minimum absolute atomic E-state index is 0.947. The average molecular weight is 326 g/mol. The fourth-order valence-corrected chi connectivity index (χ4v) is 3.79. The Morgan fingerprint density at radius 2 is 1.77 bits per heavy atom. The van der Waals surface area contributed by atoms with Crippen LogP contribution in [0, 0.1) is 20.8 Å². The number of nitrogens with one attached hydrogen (secondary N) is 1. The SMILES string of the molecule is Cc1ccc(C)c(-c2nc(NSc3ccccc3)sc2C)c1. The molecule has 3 aromatic rings. The van der Waals surface area contributed by atoms with Crippen molar-refractivity contribution >= 4 is 28.4 Å². The summed E-state index contributed by atoms with van der Waals surface area (Å²) >= 11 is 3.30. The highest BCUT2D eigenvalue weighted by atomic mass is 32.2. The molecule has 3 rings (SSSR count). The van der Waals surface area contributed by atoms with Crippen molar-refractivity contribution in [2.24, 2.45) is 0 Å². The van der Waals surface area contributed by atoms with Gasteiger partial charge in [-0.15, -0.1) is 11.3 Å². The zero-order valence-corrected chi connectivity index (χ0v) is 14.5. The summed E-state index contributed by atoms with van der Waals surface area (Å²) in [5, 5.41) is 0.947. The van der Waals surface area contributed by atoms with Gasteiger partial charge in [-0.1, -0.05) is 35.9 Å². The second kappa shape index (κ2) is 6.55. The second-order valence-corrected chi connectivity index (χ2v) is 7.34. The van der Waals surface area contributed by atoms with Gasteiger partial charge >= 0.3 is 0 Å². The zero-order valence-electron chi connectivity index (χ0n) is 12.9. The summed E-state index contributed by atoms with van der Waals surface area (Å²) in [6.07, 6.45) is 0. The molecule has 22 heavy (non-hydrogen) atoms. The van der Waals surface area contributed by atoms with Crippen molar-refractivity contribution in [1.29, 1.82) is 0 Å². The molecule has 0 aliphatic rings. The minimum atomic E-state index is 0.947. The molecule has 0 aliphatic heterocycles. The van der Waals surface area contributed by atoms with Crippen LogP contribution in [-0.2, 0) is 0 Å². The van der Waals surface area contributed by atoms with Gasteiger partial charge in [-0.3, -0.25) is 0 Å². The van der Waals surface area contributed by atoms with E-state index in [1.807, 2.05) is 18.2 Å². The molecule has 1 aromatic heterocycles. The molecule has 2 aromatic carbocycles. The smallest absolute Gasteiger partial charge is 0.193 e. The van der Waals surface area contributed by atoms with Crippen LogP contribution in [0.2, 0.25) is 0 Å². The Kier molecular flexibility index (Phi) is 4.50. The lowest BCUT2D eigenvalue weighted by Gasteiger charge is -2.05. The predicted octanol–water partition coefficient (Wildman–Crippen LogP) is 5.85. The van der Waals surface area contributed by atoms with E-state index in [4.69, 9.17) is 4.98 Å². The summed E-state index contributed by atoms with van der Waals surface area (Å²) in [5.74, 6) is 0. The molecule has 0 saturated heterocycles. The lowest BCUT2D eigenvalue weighted by atomic mass is 10.0. The molecule has 1 heterocycles. The Hall–Kier alpha value is -1.78. The molecule has 112 valence electrons. The Balaban J connectivity index is 1.83. The molecule has 0 unspecified atom stereocenters. The Bertz CT molecular complexity index is 779. The lowest BCUT2D eigenvalue weighted by Crippen LogP contribution is -1.89. The number of hydrogen-bond donors (Lipinski definition) is 1. The number of benzene rings is 2. The predicted molar refractivity (Wildman–Crippen MR) is 97.7 cm³/mol. The molecule has 2 nitrogen and oxygen atoms in total. The molecule has 0 aliphatic carbocycles. The van der Waals surface area contributed by atoms with Gasteiger partial charge in [-0.25, -0.2) is 4.98 Å². The summed E-state index contributed by atoms with van der Waals surface area (Å²) in [4.78, 5) is 7.21. The maximum Gasteiger partial charge on any atom is 0.193 e. The van der Waals surface area contributed by atoms with E-state index in [1.165, 1.54) is 26.5 Å². The van der Waals surface area contributed by atoms with Crippen LogP contribution >= 0.6 is 23.3 Å². The summed E-state index contributed by atoms with van der Waals surface area (Å²) in [6.45, 7) is 6.39. The van der Waals surface area contributed by atoms with E-state index in [0.29, 0.717) is 0 Å². The highest BCUT2D eigenvalue weighted by Crippen LogP contribution is 2.34. The Labute approximate surface area is 139 Å². The Morgan fingerprint density at radius 3 is 2.55 bits per heavy atom. The summed E-state index contributed by atoms with van der Waals surface area (Å²) < 4.78 is 3.35. The summed E-state index contributed by atoms with van der Waals surface area (Å²) in [7, 11) is 0. The third-order valence-electron chi connectivity index (χ3n) is 3.44.